The van der Waals surface area contributed by atoms with Gasteiger partial charge >= 0.3 is 6.18 Å². The van der Waals surface area contributed by atoms with Crippen LogP contribution in [0.2, 0.25) is 0 Å². The molecule has 2 fully saturated rings. The van der Waals surface area contributed by atoms with Gasteiger partial charge in [0.25, 0.3) is 0 Å². The number of alkyl halides is 3. The number of ether oxygens (including phenoxy) is 1. The Morgan fingerprint density at radius 3 is 2.32 bits per heavy atom. The number of carbonyl (C=O) groups excluding carboxylic acids is 1. The molecule has 156 valence electrons. The summed E-state index contributed by atoms with van der Waals surface area (Å²) in [7, 11) is 0. The molecule has 4 nitrogen and oxygen atoms in total. The summed E-state index contributed by atoms with van der Waals surface area (Å²) >= 11 is 0. The third-order valence-corrected chi connectivity index (χ3v) is 6.17. The van der Waals surface area contributed by atoms with Crippen LogP contribution in [-0.2, 0) is 4.79 Å². The van der Waals surface area contributed by atoms with Gasteiger partial charge in [0.1, 0.15) is 5.75 Å². The van der Waals surface area contributed by atoms with Gasteiger partial charge in [-0.15, -0.1) is 0 Å². The van der Waals surface area contributed by atoms with Crippen LogP contribution < -0.4 is 9.64 Å². The van der Waals surface area contributed by atoms with Crippen molar-refractivity contribution < 1.29 is 27.8 Å². The number of nitrogens with zero attached hydrogens (tertiary/aromatic N) is 1. The van der Waals surface area contributed by atoms with Crippen LogP contribution in [0.4, 0.5) is 18.9 Å². The maximum Gasteiger partial charge on any atom is 0.392 e. The van der Waals surface area contributed by atoms with Gasteiger partial charge in [-0.05, 0) is 62.8 Å². The highest BCUT2D eigenvalue weighted by Gasteiger charge is 2.51. The third-order valence-electron chi connectivity index (χ3n) is 6.17. The molecule has 0 aromatic heterocycles. The van der Waals surface area contributed by atoms with Crippen LogP contribution in [0.15, 0.2) is 24.3 Å². The third kappa shape index (κ3) is 4.62. The summed E-state index contributed by atoms with van der Waals surface area (Å²) in [5.41, 5.74) is -0.287. The monoisotopic (exact) mass is 399 g/mol. The number of anilines is 1. The standard InChI is InChI=1S/C21H28F3NO3/c1-2-7-20(27)10-8-19(9-11-20)12-14-25(18(19)26)16-3-5-17(6-4-16)28-15-13-21(22,23)24/h3-6,27H,2,7-15H2,1H3/t19-,20+. The number of aliphatic hydroxyl groups is 1. The van der Waals surface area contributed by atoms with E-state index in [1.165, 1.54) is 0 Å². The second-order valence-corrected chi connectivity index (χ2v) is 8.17. The summed E-state index contributed by atoms with van der Waals surface area (Å²) in [6, 6.07) is 6.64. The fourth-order valence-corrected chi connectivity index (χ4v) is 4.45. The van der Waals surface area contributed by atoms with Crippen molar-refractivity contribution in [2.45, 2.75) is 70.1 Å². The summed E-state index contributed by atoms with van der Waals surface area (Å²) in [5, 5.41) is 10.6. The molecule has 1 aromatic rings. The van der Waals surface area contributed by atoms with Crippen LogP contribution in [0.5, 0.6) is 5.75 Å². The van der Waals surface area contributed by atoms with Crippen molar-refractivity contribution in [2.75, 3.05) is 18.1 Å². The Balaban J connectivity index is 1.59. The smallest absolute Gasteiger partial charge is 0.392 e. The van der Waals surface area contributed by atoms with Crippen LogP contribution in [0.3, 0.4) is 0 Å². The minimum atomic E-state index is -4.24. The molecule has 3 rings (SSSR count). The van der Waals surface area contributed by atoms with E-state index in [1.54, 1.807) is 29.2 Å². The number of halogens is 3. The molecule has 1 amide bonds. The topological polar surface area (TPSA) is 49.8 Å². The molecule has 0 bridgehead atoms. The van der Waals surface area contributed by atoms with Gasteiger partial charge < -0.3 is 14.7 Å². The van der Waals surface area contributed by atoms with E-state index in [9.17, 15) is 23.1 Å². The minimum Gasteiger partial charge on any atom is -0.493 e. The fourth-order valence-electron chi connectivity index (χ4n) is 4.45. The number of hydrogen-bond acceptors (Lipinski definition) is 3. The SMILES string of the molecule is CCC[C@]1(O)CC[C@]2(CCN(c3ccc(OCCC(F)(F)F)cc3)C2=O)CC1. The lowest BCUT2D eigenvalue weighted by Gasteiger charge is -2.41. The van der Waals surface area contributed by atoms with Crippen molar-refractivity contribution in [1.82, 2.24) is 0 Å². The molecule has 0 atom stereocenters. The average molecular weight is 399 g/mol. The van der Waals surface area contributed by atoms with Crippen LogP contribution in [-0.4, -0.2) is 35.9 Å². The second-order valence-electron chi connectivity index (χ2n) is 8.17. The highest BCUT2D eigenvalue weighted by Crippen LogP contribution is 2.49. The summed E-state index contributed by atoms with van der Waals surface area (Å²) in [6.07, 6.45) is -0.0187. The van der Waals surface area contributed by atoms with Crippen LogP contribution in [0, 0.1) is 5.41 Å². The Labute approximate surface area is 163 Å². The molecule has 1 saturated carbocycles. The van der Waals surface area contributed by atoms with Crippen molar-refractivity contribution in [3.63, 3.8) is 0 Å². The maximum atomic E-state index is 13.1. The van der Waals surface area contributed by atoms with E-state index >= 15 is 0 Å². The Morgan fingerprint density at radius 1 is 1.11 bits per heavy atom. The number of amides is 1. The van der Waals surface area contributed by atoms with Gasteiger partial charge in [0.15, 0.2) is 0 Å². The highest BCUT2D eigenvalue weighted by molar-refractivity contribution is 6.00. The van der Waals surface area contributed by atoms with Gasteiger partial charge in [-0.3, -0.25) is 4.79 Å². The zero-order valence-electron chi connectivity index (χ0n) is 16.2. The Hall–Kier alpha value is -1.76. The van der Waals surface area contributed by atoms with Crippen molar-refractivity contribution >= 4 is 11.6 Å². The van der Waals surface area contributed by atoms with Crippen molar-refractivity contribution in [3.05, 3.63) is 24.3 Å². The predicted octanol–water partition coefficient (Wildman–Crippen LogP) is 4.85. The lowest BCUT2D eigenvalue weighted by atomic mass is 9.67. The molecule has 2 aliphatic rings. The largest absolute Gasteiger partial charge is 0.493 e. The van der Waals surface area contributed by atoms with E-state index < -0.39 is 24.8 Å². The molecule has 28 heavy (non-hydrogen) atoms. The van der Waals surface area contributed by atoms with Gasteiger partial charge in [0, 0.05) is 12.2 Å². The Kier molecular flexibility index (Phi) is 5.94. The van der Waals surface area contributed by atoms with Crippen LogP contribution in [0.25, 0.3) is 0 Å². The molecule has 7 heteroatoms. The van der Waals surface area contributed by atoms with E-state index in [1.807, 2.05) is 0 Å². The van der Waals surface area contributed by atoms with E-state index in [0.717, 1.165) is 24.9 Å². The van der Waals surface area contributed by atoms with E-state index in [-0.39, 0.29) is 11.3 Å². The van der Waals surface area contributed by atoms with Gasteiger partial charge in [0.05, 0.1) is 24.0 Å². The minimum absolute atomic E-state index is 0.0942. The number of hydrogen-bond donors (Lipinski definition) is 1. The summed E-state index contributed by atoms with van der Waals surface area (Å²) < 4.78 is 41.7. The maximum absolute atomic E-state index is 13.1. The molecule has 0 unspecified atom stereocenters. The Morgan fingerprint density at radius 2 is 1.75 bits per heavy atom. The molecule has 1 saturated heterocycles. The molecular weight excluding hydrogens is 371 g/mol. The van der Waals surface area contributed by atoms with Gasteiger partial charge in [0.2, 0.25) is 5.91 Å². The van der Waals surface area contributed by atoms with Gasteiger partial charge in [-0.25, -0.2) is 0 Å². The lowest BCUT2D eigenvalue weighted by Crippen LogP contribution is -2.43. The normalized spacial score (nSPS) is 28.2. The molecule has 1 aliphatic carbocycles. The second kappa shape index (κ2) is 7.93. The first-order valence-corrected chi connectivity index (χ1v) is 10.0. The van der Waals surface area contributed by atoms with E-state index in [4.69, 9.17) is 4.74 Å². The van der Waals surface area contributed by atoms with E-state index in [0.29, 0.717) is 38.0 Å². The zero-order valence-corrected chi connectivity index (χ0v) is 16.2. The summed E-state index contributed by atoms with van der Waals surface area (Å²) in [4.78, 5) is 14.9. The quantitative estimate of drug-likeness (QED) is 0.744. The zero-order chi connectivity index (χ0) is 20.4. The number of carbonyl (C=O) groups is 1. The first kappa shape index (κ1) is 21.0. The molecular formula is C21H28F3NO3. The van der Waals surface area contributed by atoms with Crippen LogP contribution >= 0.6 is 0 Å². The summed E-state index contributed by atoms with van der Waals surface area (Å²) in [6.45, 7) is 2.26. The molecule has 1 heterocycles. The molecule has 1 aliphatic heterocycles. The number of benzene rings is 1. The van der Waals surface area contributed by atoms with Crippen molar-refractivity contribution in [1.29, 1.82) is 0 Å². The first-order chi connectivity index (χ1) is 13.2. The van der Waals surface area contributed by atoms with Crippen LogP contribution in [0.1, 0.15) is 58.3 Å². The van der Waals surface area contributed by atoms with E-state index in [2.05, 4.69) is 6.92 Å². The lowest BCUT2D eigenvalue weighted by molar-refractivity contribution is -0.139. The number of rotatable bonds is 6. The van der Waals surface area contributed by atoms with Crippen molar-refractivity contribution in [3.8, 4) is 5.75 Å². The molecule has 1 aromatic carbocycles. The molecule has 1 N–H and O–H groups in total. The molecule has 0 radical (unpaired) electrons. The average Bonchev–Trinajstić information content (AvgIpc) is 2.95. The fraction of sp³-hybridized carbons (Fsp3) is 0.667. The van der Waals surface area contributed by atoms with Gasteiger partial charge in [-0.2, -0.15) is 13.2 Å². The molecule has 1 spiro atoms. The predicted molar refractivity (Wildman–Crippen MR) is 100 cm³/mol. The highest BCUT2D eigenvalue weighted by atomic mass is 19.4. The van der Waals surface area contributed by atoms with Gasteiger partial charge in [-0.1, -0.05) is 13.3 Å². The Bertz CT molecular complexity index is 679. The van der Waals surface area contributed by atoms with Crippen molar-refractivity contribution in [2.24, 2.45) is 5.41 Å². The first-order valence-electron chi connectivity index (χ1n) is 10.0. The summed E-state index contributed by atoms with van der Waals surface area (Å²) in [5.74, 6) is 0.452.